The zero-order valence-corrected chi connectivity index (χ0v) is 11.2. The van der Waals surface area contributed by atoms with Crippen molar-refractivity contribution in [3.8, 4) is 0 Å². The van der Waals surface area contributed by atoms with Crippen LogP contribution in [0.3, 0.4) is 0 Å². The molecule has 0 saturated carbocycles. The van der Waals surface area contributed by atoms with Crippen molar-refractivity contribution < 1.29 is 5.11 Å². The molecular weight excluding hydrogens is 208 g/mol. The van der Waals surface area contributed by atoms with E-state index in [-0.39, 0.29) is 6.10 Å². The van der Waals surface area contributed by atoms with Gasteiger partial charge in [-0.25, -0.2) is 0 Å². The molecule has 1 heteroatoms. The number of unbranched alkanes of at least 4 members (excludes halogenated alkanes) is 1. The zero-order valence-electron chi connectivity index (χ0n) is 11.2. The number of hydrogen-bond donors (Lipinski definition) is 1. The molecule has 0 aliphatic carbocycles. The molecule has 0 aliphatic rings. The first-order valence-electron chi connectivity index (χ1n) is 6.54. The lowest BCUT2D eigenvalue weighted by atomic mass is 10.0. The zero-order chi connectivity index (χ0) is 12.7. The van der Waals surface area contributed by atoms with Crippen LogP contribution >= 0.6 is 0 Å². The van der Waals surface area contributed by atoms with Crippen molar-refractivity contribution in [2.24, 2.45) is 0 Å². The summed E-state index contributed by atoms with van der Waals surface area (Å²) in [5.41, 5.74) is 2.66. The summed E-state index contributed by atoms with van der Waals surface area (Å²) in [7, 11) is 0. The molecule has 0 saturated heterocycles. The van der Waals surface area contributed by atoms with Crippen LogP contribution in [0.2, 0.25) is 0 Å². The van der Waals surface area contributed by atoms with Gasteiger partial charge in [0.25, 0.3) is 0 Å². The monoisotopic (exact) mass is 232 g/mol. The maximum Gasteiger partial charge on any atom is 0.0512 e. The summed E-state index contributed by atoms with van der Waals surface area (Å²) < 4.78 is 0. The number of allylic oxidation sites excluding steroid dienone is 1. The lowest BCUT2D eigenvalue weighted by Crippen LogP contribution is -1.97. The molecule has 1 aromatic carbocycles. The van der Waals surface area contributed by atoms with Gasteiger partial charge < -0.3 is 5.11 Å². The Kier molecular flexibility index (Phi) is 5.99. The molecule has 0 aromatic heterocycles. The smallest absolute Gasteiger partial charge is 0.0512 e. The molecular formula is C16H24O. The van der Waals surface area contributed by atoms with Crippen LogP contribution < -0.4 is 0 Å². The Balaban J connectivity index is 2.45. The molecule has 1 nitrogen and oxygen atoms in total. The van der Waals surface area contributed by atoms with Gasteiger partial charge in [-0.1, -0.05) is 50.3 Å². The van der Waals surface area contributed by atoms with E-state index in [4.69, 9.17) is 5.11 Å². The lowest BCUT2D eigenvalue weighted by molar-refractivity contribution is 0.182. The molecule has 0 bridgehead atoms. The minimum absolute atomic E-state index is 0.173. The van der Waals surface area contributed by atoms with Crippen LogP contribution in [0.15, 0.2) is 30.3 Å². The summed E-state index contributed by atoms with van der Waals surface area (Å²) in [6.07, 6.45) is 7.17. The predicted molar refractivity (Wildman–Crippen MR) is 75.1 cm³/mol. The van der Waals surface area contributed by atoms with E-state index in [0.717, 1.165) is 19.3 Å². The fraction of sp³-hybridized carbons (Fsp3) is 0.500. The predicted octanol–water partition coefficient (Wildman–Crippen LogP) is 4.37. The Bertz CT molecular complexity index is 350. The third-order valence-corrected chi connectivity index (χ3v) is 2.88. The van der Waals surface area contributed by atoms with E-state index in [1.54, 1.807) is 0 Å². The fourth-order valence-electron chi connectivity index (χ4n) is 1.77. The highest BCUT2D eigenvalue weighted by Crippen LogP contribution is 2.16. The SMILES string of the molecule is CC(C)c1cccc(/C=C/CCC[C@@H](C)O)c1. The Morgan fingerprint density at radius 3 is 2.65 bits per heavy atom. The van der Waals surface area contributed by atoms with Gasteiger partial charge in [-0.2, -0.15) is 0 Å². The molecule has 1 atom stereocenters. The molecule has 0 radical (unpaired) electrons. The number of aliphatic hydroxyl groups excluding tert-OH is 1. The van der Waals surface area contributed by atoms with Gasteiger partial charge >= 0.3 is 0 Å². The number of benzene rings is 1. The summed E-state index contributed by atoms with van der Waals surface area (Å²) in [5, 5.41) is 9.14. The summed E-state index contributed by atoms with van der Waals surface area (Å²) in [6, 6.07) is 8.67. The molecule has 0 unspecified atom stereocenters. The molecule has 1 rings (SSSR count). The number of hydrogen-bond acceptors (Lipinski definition) is 1. The Hall–Kier alpha value is -1.08. The molecule has 0 amide bonds. The maximum absolute atomic E-state index is 9.14. The number of aliphatic hydroxyl groups is 1. The average Bonchev–Trinajstić information content (AvgIpc) is 2.28. The van der Waals surface area contributed by atoms with Crippen LogP contribution in [0, 0.1) is 0 Å². The Labute approximate surface area is 105 Å². The maximum atomic E-state index is 9.14. The van der Waals surface area contributed by atoms with Gasteiger partial charge in [0, 0.05) is 0 Å². The first kappa shape index (κ1) is 14.0. The highest BCUT2D eigenvalue weighted by atomic mass is 16.3. The van der Waals surface area contributed by atoms with Crippen LogP contribution in [-0.4, -0.2) is 11.2 Å². The van der Waals surface area contributed by atoms with E-state index in [2.05, 4.69) is 50.3 Å². The first-order chi connectivity index (χ1) is 8.09. The van der Waals surface area contributed by atoms with E-state index >= 15 is 0 Å². The Morgan fingerprint density at radius 1 is 1.24 bits per heavy atom. The molecule has 17 heavy (non-hydrogen) atoms. The number of rotatable bonds is 6. The Morgan fingerprint density at radius 2 is 2.00 bits per heavy atom. The van der Waals surface area contributed by atoms with E-state index in [1.165, 1.54) is 11.1 Å². The van der Waals surface area contributed by atoms with E-state index < -0.39 is 0 Å². The van der Waals surface area contributed by atoms with E-state index in [0.29, 0.717) is 5.92 Å². The van der Waals surface area contributed by atoms with Crippen molar-refractivity contribution in [2.75, 3.05) is 0 Å². The van der Waals surface area contributed by atoms with Gasteiger partial charge in [0.15, 0.2) is 0 Å². The molecule has 0 fully saturated rings. The highest BCUT2D eigenvalue weighted by Gasteiger charge is 1.98. The highest BCUT2D eigenvalue weighted by molar-refractivity contribution is 5.50. The van der Waals surface area contributed by atoms with Crippen LogP contribution in [0.4, 0.5) is 0 Å². The van der Waals surface area contributed by atoms with Crippen molar-refractivity contribution in [3.05, 3.63) is 41.5 Å². The molecule has 0 aliphatic heterocycles. The van der Waals surface area contributed by atoms with Crippen molar-refractivity contribution in [2.45, 2.75) is 52.1 Å². The second-order valence-electron chi connectivity index (χ2n) is 5.01. The van der Waals surface area contributed by atoms with Crippen LogP contribution in [0.1, 0.15) is 57.1 Å². The quantitative estimate of drug-likeness (QED) is 0.722. The molecule has 0 heterocycles. The average molecular weight is 232 g/mol. The minimum Gasteiger partial charge on any atom is -0.393 e. The van der Waals surface area contributed by atoms with Crippen molar-refractivity contribution in [3.63, 3.8) is 0 Å². The van der Waals surface area contributed by atoms with Crippen LogP contribution in [0.25, 0.3) is 6.08 Å². The van der Waals surface area contributed by atoms with Gasteiger partial charge in [-0.3, -0.25) is 0 Å². The fourth-order valence-corrected chi connectivity index (χ4v) is 1.77. The van der Waals surface area contributed by atoms with Gasteiger partial charge in [-0.05, 0) is 43.2 Å². The van der Waals surface area contributed by atoms with Crippen molar-refractivity contribution in [1.82, 2.24) is 0 Å². The first-order valence-corrected chi connectivity index (χ1v) is 6.54. The summed E-state index contributed by atoms with van der Waals surface area (Å²) in [4.78, 5) is 0. The third-order valence-electron chi connectivity index (χ3n) is 2.88. The van der Waals surface area contributed by atoms with Gasteiger partial charge in [0.05, 0.1) is 6.10 Å². The third kappa shape index (κ3) is 5.69. The molecule has 1 aromatic rings. The minimum atomic E-state index is -0.173. The van der Waals surface area contributed by atoms with E-state index in [9.17, 15) is 0 Å². The lowest BCUT2D eigenvalue weighted by Gasteiger charge is -2.05. The largest absolute Gasteiger partial charge is 0.393 e. The summed E-state index contributed by atoms with van der Waals surface area (Å²) >= 11 is 0. The standard InChI is InChI=1S/C16H24O/c1-13(2)16-11-7-10-15(12-16)9-6-4-5-8-14(3)17/h6-7,9-14,17H,4-5,8H2,1-3H3/b9-6+/t14-/m1/s1. The van der Waals surface area contributed by atoms with Crippen LogP contribution in [0.5, 0.6) is 0 Å². The second-order valence-corrected chi connectivity index (χ2v) is 5.01. The molecule has 1 N–H and O–H groups in total. The summed E-state index contributed by atoms with van der Waals surface area (Å²) in [6.45, 7) is 6.27. The van der Waals surface area contributed by atoms with Crippen molar-refractivity contribution in [1.29, 1.82) is 0 Å². The van der Waals surface area contributed by atoms with Crippen molar-refractivity contribution >= 4 is 6.08 Å². The molecule has 0 spiro atoms. The topological polar surface area (TPSA) is 20.2 Å². The normalized spacial score (nSPS) is 13.5. The van der Waals surface area contributed by atoms with Crippen LogP contribution in [-0.2, 0) is 0 Å². The second kappa shape index (κ2) is 7.29. The van der Waals surface area contributed by atoms with Gasteiger partial charge in [0.1, 0.15) is 0 Å². The summed E-state index contributed by atoms with van der Waals surface area (Å²) in [5.74, 6) is 0.582. The van der Waals surface area contributed by atoms with Gasteiger partial charge in [0.2, 0.25) is 0 Å². The molecule has 94 valence electrons. The van der Waals surface area contributed by atoms with Gasteiger partial charge in [-0.15, -0.1) is 0 Å². The van der Waals surface area contributed by atoms with E-state index in [1.807, 2.05) is 6.92 Å².